The molecule has 0 atom stereocenters. The van der Waals surface area contributed by atoms with E-state index in [1.807, 2.05) is 88.9 Å². The fourth-order valence-corrected chi connectivity index (χ4v) is 9.21. The summed E-state index contributed by atoms with van der Waals surface area (Å²) in [5.41, 5.74) is 14.8. The minimum atomic E-state index is -1.44. The molecular weight excluding hydrogens is 1300 g/mol. The van der Waals surface area contributed by atoms with Crippen LogP contribution in [-0.2, 0) is 45.0 Å². The molecule has 1 saturated heterocycles. The number of pyridine rings is 8. The zero-order chi connectivity index (χ0) is 64.4. The van der Waals surface area contributed by atoms with E-state index in [0.717, 1.165) is 83.0 Å². The molecule has 0 radical (unpaired) electrons. The van der Waals surface area contributed by atoms with E-state index < -0.39 is 32.1 Å². The van der Waals surface area contributed by atoms with E-state index in [9.17, 15) is 19.8 Å². The Morgan fingerprint density at radius 3 is 1.39 bits per heavy atom. The quantitative estimate of drug-likeness (QED) is 0.145. The van der Waals surface area contributed by atoms with E-state index in [1.54, 1.807) is 75.3 Å². The van der Waals surface area contributed by atoms with Crippen molar-refractivity contribution in [2.45, 2.75) is 79.8 Å². The molecule has 90 heavy (non-hydrogen) atoms. The number of hydrogen-bond donors (Lipinski definition) is 3. The molecule has 0 aromatic carbocycles. The summed E-state index contributed by atoms with van der Waals surface area (Å²) in [6, 6.07) is 14.9. The number of aromatic nitrogens is 16. The van der Waals surface area contributed by atoms with Crippen LogP contribution in [0.5, 0.6) is 0 Å². The van der Waals surface area contributed by atoms with Gasteiger partial charge in [-0.1, -0.05) is 0 Å². The van der Waals surface area contributed by atoms with Crippen LogP contribution in [-0.4, -0.2) is 124 Å². The second-order valence-electron chi connectivity index (χ2n) is 20.1. The van der Waals surface area contributed by atoms with Crippen LogP contribution >= 0.6 is 15.9 Å². The number of nitrogens with zero attached hydrogens (tertiary/aromatic N) is 16. The molecule has 12 aromatic heterocycles. The zero-order valence-electron chi connectivity index (χ0n) is 49.8. The van der Waals surface area contributed by atoms with Gasteiger partial charge in [0.2, 0.25) is 0 Å². The van der Waals surface area contributed by atoms with Crippen LogP contribution in [0, 0.1) is 39.0 Å². The van der Waals surface area contributed by atoms with Crippen molar-refractivity contribution in [2.75, 3.05) is 0 Å². The molecule has 0 unspecified atom stereocenters. The third-order valence-electron chi connectivity index (χ3n) is 14.0. The van der Waals surface area contributed by atoms with E-state index in [1.165, 1.54) is 29.8 Å². The van der Waals surface area contributed by atoms with Gasteiger partial charge in [0.15, 0.2) is 28.9 Å². The second kappa shape index (κ2) is 33.1. The predicted octanol–water partition coefficient (Wildman–Crippen LogP) is 2.36. The van der Waals surface area contributed by atoms with Gasteiger partial charge in [0, 0.05) is 129 Å². The van der Waals surface area contributed by atoms with Gasteiger partial charge in [-0.15, -0.1) is 0 Å². The first-order chi connectivity index (χ1) is 42.7. The topological polar surface area (TPSA) is 366 Å². The maximum absolute atomic E-state index is 11.3. The molecule has 1 aliphatic heterocycles. The van der Waals surface area contributed by atoms with Crippen LogP contribution in [0.2, 0.25) is 0 Å². The number of fused-ring (bicyclic) bond motifs is 4. The maximum atomic E-state index is 11.3. The van der Waals surface area contributed by atoms with E-state index >= 15 is 0 Å². The standard InChI is InChI=1S/C13H10N4O2.C13H12N4O.C13H10N4O.C12H18BNO2.C7H6BrN3O.ClO2.Mn.Na.2O/c1-8-2-3-14-5-11(8)9-4-10(13(18)19)12-15-7-16-17(12)6-9;2*1-9-2-3-14-5-12(9)10-4-11(7-18)13-15-8-16-17(13)6-10;1-9-6-7-14-8-10(9)13-15-11(2,3)12(4,5)16-13;8-6-1-5(3-12)7-9-4-10-11(7)2-6;2-1-3;;;;/h2-7H,1H3,(H,18,19);2-6,8,18H,7H2,1H3;2-8H,1H3;6-8H,1-5H3;1-2,4,12H,3H2;;;;;/q;;;;;-1;;+1;;. The third-order valence-corrected chi connectivity index (χ3v) is 14.4. The van der Waals surface area contributed by atoms with Gasteiger partial charge in [-0.3, -0.25) is 24.7 Å². The average molecular weight is 1360 g/mol. The van der Waals surface area contributed by atoms with Crippen molar-refractivity contribution in [3.8, 4) is 33.4 Å². The molecular formula is C58H56BBrClMnN16NaO11. The number of aldehydes is 1. The first-order valence-electron chi connectivity index (χ1n) is 26.4. The monoisotopic (exact) mass is 1360 g/mol. The third kappa shape index (κ3) is 17.5. The molecule has 32 heteroatoms. The van der Waals surface area contributed by atoms with Gasteiger partial charge >= 0.3 is 65.1 Å². The zero-order valence-corrected chi connectivity index (χ0v) is 55.3. The number of carboxylic acids is 1. The number of aromatic carboxylic acids is 1. The molecule has 1 aliphatic rings. The molecule has 27 nitrogen and oxygen atoms in total. The molecule has 0 bridgehead atoms. The van der Waals surface area contributed by atoms with E-state index in [0.29, 0.717) is 28.2 Å². The van der Waals surface area contributed by atoms with Gasteiger partial charge in [0.25, 0.3) is 0 Å². The minimum absolute atomic E-state index is 0. The van der Waals surface area contributed by atoms with Crippen LogP contribution in [0.4, 0.5) is 0 Å². The number of halogens is 2. The number of rotatable bonds is 8. The molecule has 0 amide bonds. The summed E-state index contributed by atoms with van der Waals surface area (Å²) in [5, 5.41) is 43.8. The number of aliphatic hydroxyl groups excluding tert-OH is 2. The van der Waals surface area contributed by atoms with Gasteiger partial charge in [0.1, 0.15) is 30.9 Å². The number of carbonyl (C=O) groups excluding carboxylic acids is 1. The van der Waals surface area contributed by atoms with E-state index in [4.69, 9.17) is 31.4 Å². The molecule has 459 valence electrons. The summed E-state index contributed by atoms with van der Waals surface area (Å²) < 4.78 is 52.5. The molecule has 12 aromatic rings. The summed E-state index contributed by atoms with van der Waals surface area (Å²) in [6.45, 7) is 16.2. The van der Waals surface area contributed by atoms with Crippen molar-refractivity contribution in [2.24, 2.45) is 0 Å². The number of carboxylic acid groups (broad SMARTS) is 1. The van der Waals surface area contributed by atoms with Crippen LogP contribution in [0.1, 0.15) is 81.8 Å². The van der Waals surface area contributed by atoms with Gasteiger partial charge in [-0.25, -0.2) is 42.8 Å². The Labute approximate surface area is 554 Å². The summed E-state index contributed by atoms with van der Waals surface area (Å²) in [6.07, 6.45) is 27.9. The molecule has 0 spiro atoms. The fraction of sp³-hybridized carbons (Fsp3) is 0.207. The fourth-order valence-electron chi connectivity index (χ4n) is 8.74. The average Bonchev–Trinajstić information content (AvgIpc) is 1.65. The Kier molecular flexibility index (Phi) is 26.1. The van der Waals surface area contributed by atoms with Crippen molar-refractivity contribution >= 4 is 63.4 Å². The molecule has 0 aliphatic carbocycles. The molecule has 1 fully saturated rings. The van der Waals surface area contributed by atoms with Gasteiger partial charge in [-0.2, -0.15) is 20.4 Å². The van der Waals surface area contributed by atoms with Crippen LogP contribution in [0.15, 0.2) is 153 Å². The number of hydrogen-bond acceptors (Lipinski definition) is 22. The summed E-state index contributed by atoms with van der Waals surface area (Å²) >= 11 is 1.45. The summed E-state index contributed by atoms with van der Waals surface area (Å²) in [4.78, 5) is 54.9. The first kappa shape index (κ1) is 71.0. The van der Waals surface area contributed by atoms with Crippen molar-refractivity contribution < 1.29 is 107 Å². The molecule has 13 heterocycles. The van der Waals surface area contributed by atoms with Gasteiger partial charge < -0.3 is 33.9 Å². The molecule has 13 rings (SSSR count). The summed E-state index contributed by atoms with van der Waals surface area (Å²) in [5.74, 6) is -1.03. The van der Waals surface area contributed by atoms with Gasteiger partial charge in [0.05, 0.1) is 41.3 Å². The van der Waals surface area contributed by atoms with Crippen LogP contribution < -0.4 is 44.3 Å². The van der Waals surface area contributed by atoms with Crippen molar-refractivity contribution in [1.29, 1.82) is 0 Å². The van der Waals surface area contributed by atoms with Crippen molar-refractivity contribution in [1.82, 2.24) is 78.3 Å². The molecule has 3 N–H and O–H groups in total. The number of aryl methyl sites for hydroxylation is 4. The Hall–Kier alpha value is -8.07. The number of aliphatic hydroxyl groups is 2. The first-order valence-corrected chi connectivity index (χ1v) is 28.7. The Balaban J connectivity index is 0.000000176. The number of carbonyl (C=O) groups is 2. The normalized spacial score (nSPS) is 12.4. The van der Waals surface area contributed by atoms with Crippen LogP contribution in [0.3, 0.4) is 0 Å². The van der Waals surface area contributed by atoms with Crippen molar-refractivity contribution in [3.05, 3.63) is 197 Å². The van der Waals surface area contributed by atoms with Gasteiger partial charge in [-0.05, 0) is 142 Å². The molecule has 0 saturated carbocycles. The van der Waals surface area contributed by atoms with Crippen molar-refractivity contribution in [3.63, 3.8) is 0 Å². The Bertz CT molecular complexity index is 4420. The summed E-state index contributed by atoms with van der Waals surface area (Å²) in [7, 11) is -0.307. The Morgan fingerprint density at radius 1 is 0.600 bits per heavy atom. The van der Waals surface area contributed by atoms with E-state index in [-0.39, 0.29) is 66.7 Å². The van der Waals surface area contributed by atoms with Crippen LogP contribution in [0.25, 0.3) is 56.0 Å². The van der Waals surface area contributed by atoms with E-state index in [2.05, 4.69) is 104 Å². The predicted molar refractivity (Wildman–Crippen MR) is 314 cm³/mol. The second-order valence-corrected chi connectivity index (χ2v) is 21.4. The SMILES string of the molecule is Cc1ccncc1-c1cc(C(=O)O)c2ncnn2c1.Cc1ccncc1-c1cc(C=O)c2ncnn2c1.Cc1ccncc1-c1cc(CO)c2ncnn2c1.Cc1ccncc1B1OC(C)(C)C(C)(C)O1.OCc1cc(Br)cn2ncnc12.[Na+].[O-][Cl+][O-].[O]=[Mn]=[O]. The Morgan fingerprint density at radius 2 is 0.967 bits per heavy atom.